The summed E-state index contributed by atoms with van der Waals surface area (Å²) in [5, 5.41) is 0. The second kappa shape index (κ2) is 6.58. The molecule has 3 nitrogen and oxygen atoms in total. The maximum Gasteiger partial charge on any atom is 0.179 e. The van der Waals surface area contributed by atoms with Crippen molar-refractivity contribution in [1.82, 2.24) is 4.57 Å². The van der Waals surface area contributed by atoms with Gasteiger partial charge in [0.15, 0.2) is 11.5 Å². The minimum atomic E-state index is 0.675. The third kappa shape index (κ3) is 3.69. The SMILES string of the molecule is CCCCCCCCn1cc2c(c1)OCCO2. The van der Waals surface area contributed by atoms with Gasteiger partial charge < -0.3 is 14.0 Å². The largest absolute Gasteiger partial charge is 0.485 e. The number of aryl methyl sites for hydroxylation is 1. The fourth-order valence-corrected chi connectivity index (χ4v) is 2.19. The van der Waals surface area contributed by atoms with E-state index in [4.69, 9.17) is 9.47 Å². The van der Waals surface area contributed by atoms with Crippen molar-refractivity contribution in [2.45, 2.75) is 52.0 Å². The van der Waals surface area contributed by atoms with Crippen molar-refractivity contribution in [2.24, 2.45) is 0 Å². The van der Waals surface area contributed by atoms with E-state index in [0.717, 1.165) is 18.0 Å². The smallest absolute Gasteiger partial charge is 0.179 e. The van der Waals surface area contributed by atoms with Gasteiger partial charge in [-0.2, -0.15) is 0 Å². The molecule has 0 radical (unpaired) electrons. The van der Waals surface area contributed by atoms with Crippen LogP contribution in [0.3, 0.4) is 0 Å². The lowest BCUT2D eigenvalue weighted by molar-refractivity contribution is 0.173. The van der Waals surface area contributed by atoms with Gasteiger partial charge >= 0.3 is 0 Å². The van der Waals surface area contributed by atoms with E-state index >= 15 is 0 Å². The maximum atomic E-state index is 5.52. The van der Waals surface area contributed by atoms with Gasteiger partial charge in [-0.15, -0.1) is 0 Å². The predicted octanol–water partition coefficient (Wildman–Crippen LogP) is 3.62. The molecule has 0 aliphatic carbocycles. The summed E-state index contributed by atoms with van der Waals surface area (Å²) >= 11 is 0. The van der Waals surface area contributed by atoms with Crippen LogP contribution >= 0.6 is 0 Å². The second-order valence-corrected chi connectivity index (χ2v) is 4.69. The highest BCUT2D eigenvalue weighted by Gasteiger charge is 2.13. The molecule has 0 saturated carbocycles. The van der Waals surface area contributed by atoms with Crippen LogP contribution in [0.15, 0.2) is 12.4 Å². The Hall–Kier alpha value is -1.12. The van der Waals surface area contributed by atoms with Crippen LogP contribution in [-0.2, 0) is 6.54 Å². The van der Waals surface area contributed by atoms with Crippen molar-refractivity contribution in [3.05, 3.63) is 12.4 Å². The number of unbranched alkanes of at least 4 members (excludes halogenated alkanes) is 5. The molecule has 0 N–H and O–H groups in total. The van der Waals surface area contributed by atoms with Crippen LogP contribution in [0, 0.1) is 0 Å². The summed E-state index contributed by atoms with van der Waals surface area (Å²) in [5.41, 5.74) is 0. The zero-order chi connectivity index (χ0) is 11.9. The molecule has 96 valence electrons. The van der Waals surface area contributed by atoms with Crippen molar-refractivity contribution in [1.29, 1.82) is 0 Å². The first-order valence-electron chi connectivity index (χ1n) is 6.85. The van der Waals surface area contributed by atoms with Crippen LogP contribution in [0.5, 0.6) is 11.5 Å². The number of hydrogen-bond donors (Lipinski definition) is 0. The van der Waals surface area contributed by atoms with E-state index in [1.54, 1.807) is 0 Å². The molecule has 1 aliphatic heterocycles. The molecule has 0 amide bonds. The quantitative estimate of drug-likeness (QED) is 0.676. The lowest BCUT2D eigenvalue weighted by Crippen LogP contribution is -2.13. The molecular formula is C14H23NO2. The molecular weight excluding hydrogens is 214 g/mol. The minimum absolute atomic E-state index is 0.675. The number of ether oxygens (including phenoxy) is 2. The molecule has 0 aromatic carbocycles. The Bertz CT molecular complexity index is 309. The van der Waals surface area contributed by atoms with Crippen molar-refractivity contribution in [3.8, 4) is 11.5 Å². The van der Waals surface area contributed by atoms with E-state index < -0.39 is 0 Å². The van der Waals surface area contributed by atoms with Crippen LogP contribution in [0.2, 0.25) is 0 Å². The second-order valence-electron chi connectivity index (χ2n) is 4.69. The van der Waals surface area contributed by atoms with Crippen LogP contribution in [0.1, 0.15) is 45.4 Å². The van der Waals surface area contributed by atoms with Crippen LogP contribution < -0.4 is 9.47 Å². The van der Waals surface area contributed by atoms with E-state index in [1.165, 1.54) is 38.5 Å². The van der Waals surface area contributed by atoms with Gasteiger partial charge in [0.05, 0.1) is 0 Å². The molecule has 0 spiro atoms. The van der Waals surface area contributed by atoms with Crippen molar-refractivity contribution in [3.63, 3.8) is 0 Å². The van der Waals surface area contributed by atoms with Gasteiger partial charge in [0, 0.05) is 18.9 Å². The van der Waals surface area contributed by atoms with Gasteiger partial charge in [-0.05, 0) is 6.42 Å². The summed E-state index contributed by atoms with van der Waals surface area (Å²) in [6, 6.07) is 0. The lowest BCUT2D eigenvalue weighted by atomic mass is 10.1. The fourth-order valence-electron chi connectivity index (χ4n) is 2.19. The van der Waals surface area contributed by atoms with Crippen LogP contribution in [0.4, 0.5) is 0 Å². The van der Waals surface area contributed by atoms with Crippen molar-refractivity contribution >= 4 is 0 Å². The summed E-state index contributed by atoms with van der Waals surface area (Å²) < 4.78 is 13.2. The van der Waals surface area contributed by atoms with Crippen LogP contribution in [-0.4, -0.2) is 17.8 Å². The minimum Gasteiger partial charge on any atom is -0.485 e. The maximum absolute atomic E-state index is 5.52. The summed E-state index contributed by atoms with van der Waals surface area (Å²) in [6.45, 7) is 4.68. The van der Waals surface area contributed by atoms with Crippen molar-refractivity contribution in [2.75, 3.05) is 13.2 Å². The van der Waals surface area contributed by atoms with Crippen LogP contribution in [0.25, 0.3) is 0 Å². The summed E-state index contributed by atoms with van der Waals surface area (Å²) in [4.78, 5) is 0. The zero-order valence-corrected chi connectivity index (χ0v) is 10.8. The number of fused-ring (bicyclic) bond motifs is 1. The standard InChI is InChI=1S/C14H23NO2/c1-2-3-4-5-6-7-8-15-11-13-14(12-15)17-10-9-16-13/h11-12H,2-10H2,1H3. The van der Waals surface area contributed by atoms with Crippen molar-refractivity contribution < 1.29 is 9.47 Å². The normalized spacial score (nSPS) is 13.9. The van der Waals surface area contributed by atoms with E-state index in [1.807, 2.05) is 0 Å². The van der Waals surface area contributed by atoms with E-state index in [2.05, 4.69) is 23.9 Å². The highest BCUT2D eigenvalue weighted by Crippen LogP contribution is 2.30. The third-order valence-electron chi connectivity index (χ3n) is 3.18. The fraction of sp³-hybridized carbons (Fsp3) is 0.714. The summed E-state index contributed by atoms with van der Waals surface area (Å²) in [7, 11) is 0. The average Bonchev–Trinajstić information content (AvgIpc) is 2.76. The van der Waals surface area contributed by atoms with Gasteiger partial charge in [-0.1, -0.05) is 39.0 Å². The molecule has 0 saturated heterocycles. The lowest BCUT2D eigenvalue weighted by Gasteiger charge is -2.13. The van der Waals surface area contributed by atoms with E-state index in [9.17, 15) is 0 Å². The third-order valence-corrected chi connectivity index (χ3v) is 3.18. The summed E-state index contributed by atoms with van der Waals surface area (Å²) in [6.07, 6.45) is 12.1. The highest BCUT2D eigenvalue weighted by molar-refractivity contribution is 5.38. The molecule has 0 fully saturated rings. The summed E-state index contributed by atoms with van der Waals surface area (Å²) in [5.74, 6) is 1.81. The molecule has 0 unspecified atom stereocenters. The Labute approximate surface area is 104 Å². The first-order valence-corrected chi connectivity index (χ1v) is 6.85. The molecule has 17 heavy (non-hydrogen) atoms. The van der Waals surface area contributed by atoms with Gasteiger partial charge in [0.25, 0.3) is 0 Å². The number of nitrogens with zero attached hydrogens (tertiary/aromatic N) is 1. The van der Waals surface area contributed by atoms with Gasteiger partial charge in [-0.25, -0.2) is 0 Å². The molecule has 1 aromatic heterocycles. The molecule has 1 aromatic rings. The first kappa shape index (κ1) is 12.3. The highest BCUT2D eigenvalue weighted by atomic mass is 16.6. The Morgan fingerprint density at radius 2 is 1.53 bits per heavy atom. The van der Waals surface area contributed by atoms with E-state index in [0.29, 0.717) is 13.2 Å². The number of aromatic nitrogens is 1. The average molecular weight is 237 g/mol. The molecule has 0 bridgehead atoms. The molecule has 3 heteroatoms. The molecule has 0 atom stereocenters. The first-order chi connectivity index (χ1) is 8.40. The Morgan fingerprint density at radius 3 is 2.18 bits per heavy atom. The monoisotopic (exact) mass is 237 g/mol. The number of rotatable bonds is 7. The van der Waals surface area contributed by atoms with E-state index in [-0.39, 0.29) is 0 Å². The predicted molar refractivity (Wildman–Crippen MR) is 68.8 cm³/mol. The van der Waals surface area contributed by atoms with Gasteiger partial charge in [-0.3, -0.25) is 0 Å². The molecule has 1 aliphatic rings. The number of hydrogen-bond acceptors (Lipinski definition) is 2. The van der Waals surface area contributed by atoms with Gasteiger partial charge in [0.2, 0.25) is 0 Å². The Morgan fingerprint density at radius 1 is 0.941 bits per heavy atom. The Balaban J connectivity index is 1.67. The topological polar surface area (TPSA) is 23.4 Å². The molecule has 2 heterocycles. The molecule has 2 rings (SSSR count). The van der Waals surface area contributed by atoms with Gasteiger partial charge in [0.1, 0.15) is 13.2 Å². The zero-order valence-electron chi connectivity index (χ0n) is 10.8. The Kier molecular flexibility index (Phi) is 4.77.